The summed E-state index contributed by atoms with van der Waals surface area (Å²) in [7, 11) is -3.94. The predicted octanol–water partition coefficient (Wildman–Crippen LogP) is 3.32. The first-order chi connectivity index (χ1) is 17.7. The molecule has 3 atom stereocenters. The van der Waals surface area contributed by atoms with E-state index in [1.165, 1.54) is 0 Å². The summed E-state index contributed by atoms with van der Waals surface area (Å²) >= 11 is 0. The minimum absolute atomic E-state index is 0.162. The van der Waals surface area contributed by atoms with E-state index in [4.69, 9.17) is 0 Å². The molecule has 0 saturated carbocycles. The molecular formula is C28H41N3O6S. The Bertz CT molecular complexity index is 1160. The molecule has 0 bridgehead atoms. The van der Waals surface area contributed by atoms with E-state index in [1.54, 1.807) is 45.0 Å². The van der Waals surface area contributed by atoms with Crippen molar-refractivity contribution >= 4 is 22.0 Å². The van der Waals surface area contributed by atoms with Crippen LogP contribution >= 0.6 is 0 Å². The molecule has 9 nitrogen and oxygen atoms in total. The standard InChI is InChI=1S/C28H41N3O6S/c1-19(2)15-16-21-13-9-10-14-24(21)38(36,37)29-18-23(32)22(17-20-11-7-6-8-12-20)30-26(33)25(28(3,4)5)31-27(34)35/h6-14,19,22-23,25,29,31-32H,15-18H2,1-5H3,(H,30,33)(H,34,35)/t22-,23+,25+/m0/s1. The Hall–Kier alpha value is -2.95. The van der Waals surface area contributed by atoms with Crippen molar-refractivity contribution in [2.75, 3.05) is 6.54 Å². The molecule has 2 rings (SSSR count). The molecular weight excluding hydrogens is 506 g/mol. The van der Waals surface area contributed by atoms with E-state index in [-0.39, 0.29) is 17.9 Å². The van der Waals surface area contributed by atoms with Gasteiger partial charge in [0.25, 0.3) is 0 Å². The molecule has 210 valence electrons. The number of aliphatic hydroxyl groups excluding tert-OH is 1. The third kappa shape index (κ3) is 9.74. The normalized spacial score (nSPS) is 14.5. The Morgan fingerprint density at radius 2 is 1.55 bits per heavy atom. The van der Waals surface area contributed by atoms with E-state index >= 15 is 0 Å². The second-order valence-electron chi connectivity index (χ2n) is 11.0. The van der Waals surface area contributed by atoms with Crippen molar-refractivity contribution in [3.8, 4) is 0 Å². The fourth-order valence-electron chi connectivity index (χ4n) is 4.05. The monoisotopic (exact) mass is 547 g/mol. The van der Waals surface area contributed by atoms with Gasteiger partial charge in [0.2, 0.25) is 15.9 Å². The number of carbonyl (C=O) groups is 2. The van der Waals surface area contributed by atoms with E-state index in [9.17, 15) is 28.2 Å². The van der Waals surface area contributed by atoms with E-state index < -0.39 is 45.6 Å². The third-order valence-electron chi connectivity index (χ3n) is 6.22. The number of benzene rings is 2. The van der Waals surface area contributed by atoms with Crippen LogP contribution in [-0.4, -0.2) is 55.4 Å². The molecule has 0 aliphatic heterocycles. The molecule has 0 radical (unpaired) electrons. The smallest absolute Gasteiger partial charge is 0.405 e. The van der Waals surface area contributed by atoms with Crippen LogP contribution in [0.3, 0.4) is 0 Å². The van der Waals surface area contributed by atoms with Crippen molar-refractivity contribution in [3.05, 3.63) is 65.7 Å². The maximum absolute atomic E-state index is 13.2. The lowest BCUT2D eigenvalue weighted by Gasteiger charge is -2.32. The van der Waals surface area contributed by atoms with Crippen LogP contribution in [0.4, 0.5) is 4.79 Å². The molecule has 0 heterocycles. The van der Waals surface area contributed by atoms with Crippen LogP contribution in [0.15, 0.2) is 59.5 Å². The van der Waals surface area contributed by atoms with Crippen molar-refractivity contribution in [2.45, 2.75) is 77.0 Å². The molecule has 2 aromatic carbocycles. The largest absolute Gasteiger partial charge is 0.465 e. The average Bonchev–Trinajstić information content (AvgIpc) is 2.84. The number of hydrogen-bond acceptors (Lipinski definition) is 5. The molecule has 5 N–H and O–H groups in total. The quantitative estimate of drug-likeness (QED) is 0.260. The maximum atomic E-state index is 13.2. The molecule has 38 heavy (non-hydrogen) atoms. The second-order valence-corrected chi connectivity index (χ2v) is 12.7. The molecule has 0 fully saturated rings. The van der Waals surface area contributed by atoms with Crippen LogP contribution in [-0.2, 0) is 27.7 Å². The third-order valence-corrected chi connectivity index (χ3v) is 7.75. The molecule has 0 saturated heterocycles. The van der Waals surface area contributed by atoms with Gasteiger partial charge in [-0.25, -0.2) is 17.9 Å². The number of aliphatic hydroxyl groups is 1. The number of nitrogens with one attached hydrogen (secondary N) is 3. The molecule has 0 spiro atoms. The zero-order chi connectivity index (χ0) is 28.5. The maximum Gasteiger partial charge on any atom is 0.405 e. The van der Waals surface area contributed by atoms with Crippen LogP contribution in [0.5, 0.6) is 0 Å². The summed E-state index contributed by atoms with van der Waals surface area (Å²) in [4.78, 5) is 24.6. The van der Waals surface area contributed by atoms with Gasteiger partial charge in [0.15, 0.2) is 0 Å². The summed E-state index contributed by atoms with van der Waals surface area (Å²) in [6.45, 7) is 8.97. The number of rotatable bonds is 13. The Labute approximate surface area is 226 Å². The van der Waals surface area contributed by atoms with Crippen LogP contribution in [0, 0.1) is 11.3 Å². The van der Waals surface area contributed by atoms with Gasteiger partial charge in [-0.1, -0.05) is 83.1 Å². The highest BCUT2D eigenvalue weighted by molar-refractivity contribution is 7.89. The lowest BCUT2D eigenvalue weighted by atomic mass is 9.85. The zero-order valence-corrected chi connectivity index (χ0v) is 23.6. The summed E-state index contributed by atoms with van der Waals surface area (Å²) in [6.07, 6.45) is -0.981. The molecule has 2 amide bonds. The van der Waals surface area contributed by atoms with Gasteiger partial charge >= 0.3 is 6.09 Å². The molecule has 0 aliphatic rings. The van der Waals surface area contributed by atoms with Crippen LogP contribution in [0.2, 0.25) is 0 Å². The summed E-state index contributed by atoms with van der Waals surface area (Å²) in [5, 5.41) is 25.3. The number of carboxylic acid groups (broad SMARTS) is 1. The number of amides is 2. The Kier molecular flexibility index (Phi) is 11.3. The van der Waals surface area contributed by atoms with E-state index in [0.717, 1.165) is 12.0 Å². The van der Waals surface area contributed by atoms with Crippen LogP contribution < -0.4 is 15.4 Å². The minimum Gasteiger partial charge on any atom is -0.465 e. The lowest BCUT2D eigenvalue weighted by molar-refractivity contribution is -0.127. The number of hydrogen-bond donors (Lipinski definition) is 5. The zero-order valence-electron chi connectivity index (χ0n) is 22.8. The van der Waals surface area contributed by atoms with Gasteiger partial charge in [-0.2, -0.15) is 0 Å². The van der Waals surface area contributed by atoms with Crippen molar-refractivity contribution in [1.82, 2.24) is 15.4 Å². The predicted molar refractivity (Wildman–Crippen MR) is 147 cm³/mol. The van der Waals surface area contributed by atoms with Gasteiger partial charge in [-0.3, -0.25) is 4.79 Å². The first kappa shape index (κ1) is 31.3. The van der Waals surface area contributed by atoms with Gasteiger partial charge in [0.1, 0.15) is 6.04 Å². The summed E-state index contributed by atoms with van der Waals surface area (Å²) < 4.78 is 28.9. The molecule has 10 heteroatoms. The second kappa shape index (κ2) is 13.7. The fraction of sp³-hybridized carbons (Fsp3) is 0.500. The van der Waals surface area contributed by atoms with Crippen LogP contribution in [0.1, 0.15) is 52.2 Å². The van der Waals surface area contributed by atoms with Gasteiger partial charge in [-0.15, -0.1) is 0 Å². The molecule has 0 unspecified atom stereocenters. The summed E-state index contributed by atoms with van der Waals surface area (Å²) in [6, 6.07) is 13.9. The minimum atomic E-state index is -3.94. The van der Waals surface area contributed by atoms with Crippen molar-refractivity contribution in [1.29, 1.82) is 0 Å². The van der Waals surface area contributed by atoms with E-state index in [0.29, 0.717) is 17.9 Å². The molecule has 2 aromatic rings. The van der Waals surface area contributed by atoms with E-state index in [1.807, 2.05) is 30.3 Å². The van der Waals surface area contributed by atoms with Gasteiger partial charge in [-0.05, 0) is 47.8 Å². The number of carbonyl (C=O) groups excluding carboxylic acids is 1. The van der Waals surface area contributed by atoms with Crippen molar-refractivity contribution in [2.24, 2.45) is 11.3 Å². The molecule has 0 aliphatic carbocycles. The summed E-state index contributed by atoms with van der Waals surface area (Å²) in [5.74, 6) is -0.197. The van der Waals surface area contributed by atoms with Gasteiger partial charge in [0, 0.05) is 6.54 Å². The Balaban J connectivity index is 2.24. The van der Waals surface area contributed by atoms with Crippen LogP contribution in [0.25, 0.3) is 0 Å². The first-order valence-electron chi connectivity index (χ1n) is 12.8. The Morgan fingerprint density at radius 3 is 2.13 bits per heavy atom. The fourth-order valence-corrected chi connectivity index (χ4v) is 5.37. The summed E-state index contributed by atoms with van der Waals surface area (Å²) in [5.41, 5.74) is 0.772. The highest BCUT2D eigenvalue weighted by Crippen LogP contribution is 2.21. The topological polar surface area (TPSA) is 145 Å². The number of sulfonamides is 1. The van der Waals surface area contributed by atoms with E-state index in [2.05, 4.69) is 29.2 Å². The van der Waals surface area contributed by atoms with Crippen molar-refractivity contribution < 1.29 is 28.2 Å². The Morgan fingerprint density at radius 1 is 0.947 bits per heavy atom. The average molecular weight is 548 g/mol. The SMILES string of the molecule is CC(C)CCc1ccccc1S(=O)(=O)NC[C@@H](O)[C@H](Cc1ccccc1)NC(=O)[C@@H](NC(=O)O)C(C)(C)C. The highest BCUT2D eigenvalue weighted by Gasteiger charge is 2.35. The number of aryl methyl sites for hydroxylation is 1. The first-order valence-corrected chi connectivity index (χ1v) is 14.3. The van der Waals surface area contributed by atoms with Crippen molar-refractivity contribution in [3.63, 3.8) is 0 Å². The molecule has 0 aromatic heterocycles. The van der Waals surface area contributed by atoms with Gasteiger partial charge in [0.05, 0.1) is 17.0 Å². The van der Waals surface area contributed by atoms with Gasteiger partial charge < -0.3 is 20.8 Å². The lowest BCUT2D eigenvalue weighted by Crippen LogP contribution is -2.58. The highest BCUT2D eigenvalue weighted by atomic mass is 32.2.